The Bertz CT molecular complexity index is 545. The van der Waals surface area contributed by atoms with Crippen molar-refractivity contribution in [1.29, 1.82) is 0 Å². The predicted molar refractivity (Wildman–Crippen MR) is 73.5 cm³/mol. The van der Waals surface area contributed by atoms with E-state index in [0.29, 0.717) is 0 Å². The molecular formula is C13H15ClN2O4. The lowest BCUT2D eigenvalue weighted by molar-refractivity contribution is -0.139. The van der Waals surface area contributed by atoms with Crippen LogP contribution >= 0.6 is 11.6 Å². The van der Waals surface area contributed by atoms with Crippen molar-refractivity contribution in [3.63, 3.8) is 0 Å². The Hall–Kier alpha value is -2.08. The highest BCUT2D eigenvalue weighted by atomic mass is 35.5. The first kappa shape index (κ1) is 16.0. The highest BCUT2D eigenvalue weighted by Crippen LogP contribution is 2.17. The number of benzene rings is 1. The normalized spacial score (nSPS) is 11.7. The topological polar surface area (TPSA) is 109 Å². The van der Waals surface area contributed by atoms with Crippen LogP contribution in [0.4, 0.5) is 0 Å². The van der Waals surface area contributed by atoms with E-state index in [-0.39, 0.29) is 23.4 Å². The summed E-state index contributed by atoms with van der Waals surface area (Å²) in [6.45, 7) is 1.82. The van der Waals surface area contributed by atoms with Gasteiger partial charge in [-0.2, -0.15) is 0 Å². The highest BCUT2D eigenvalue weighted by molar-refractivity contribution is 6.33. The second-order valence-electron chi connectivity index (χ2n) is 4.35. The zero-order valence-electron chi connectivity index (χ0n) is 10.9. The average molecular weight is 299 g/mol. The van der Waals surface area contributed by atoms with E-state index in [9.17, 15) is 14.4 Å². The first-order chi connectivity index (χ1) is 9.31. The van der Waals surface area contributed by atoms with Crippen LogP contribution in [0.25, 0.3) is 0 Å². The number of hydrogen-bond acceptors (Lipinski definition) is 3. The SMILES string of the molecule is Cc1ccc(C(=O)N[C@H](CCC(N)=O)C(=O)O)c(Cl)c1. The minimum atomic E-state index is -1.23. The van der Waals surface area contributed by atoms with E-state index >= 15 is 0 Å². The molecule has 6 nitrogen and oxygen atoms in total. The molecule has 0 spiro atoms. The van der Waals surface area contributed by atoms with Crippen LogP contribution in [0.5, 0.6) is 0 Å². The van der Waals surface area contributed by atoms with E-state index in [4.69, 9.17) is 22.4 Å². The highest BCUT2D eigenvalue weighted by Gasteiger charge is 2.22. The molecule has 0 aliphatic rings. The maximum Gasteiger partial charge on any atom is 0.326 e. The van der Waals surface area contributed by atoms with Crippen molar-refractivity contribution in [3.8, 4) is 0 Å². The van der Waals surface area contributed by atoms with Gasteiger partial charge in [0.15, 0.2) is 0 Å². The average Bonchev–Trinajstić information content (AvgIpc) is 2.33. The number of nitrogens with two attached hydrogens (primary N) is 1. The van der Waals surface area contributed by atoms with Gasteiger partial charge in [0.1, 0.15) is 6.04 Å². The van der Waals surface area contributed by atoms with Gasteiger partial charge >= 0.3 is 5.97 Å². The molecule has 0 bridgehead atoms. The van der Waals surface area contributed by atoms with Gasteiger partial charge in [0.25, 0.3) is 5.91 Å². The van der Waals surface area contributed by atoms with Gasteiger partial charge in [-0.15, -0.1) is 0 Å². The Morgan fingerprint density at radius 2 is 2.05 bits per heavy atom. The van der Waals surface area contributed by atoms with Crippen molar-refractivity contribution in [2.24, 2.45) is 5.73 Å². The van der Waals surface area contributed by atoms with E-state index in [2.05, 4.69) is 5.32 Å². The summed E-state index contributed by atoms with van der Waals surface area (Å²) in [5.41, 5.74) is 6.03. The minimum Gasteiger partial charge on any atom is -0.480 e. The van der Waals surface area contributed by atoms with Gasteiger partial charge < -0.3 is 16.2 Å². The third kappa shape index (κ3) is 4.55. The molecule has 1 aromatic rings. The number of amides is 2. The summed E-state index contributed by atoms with van der Waals surface area (Å²) < 4.78 is 0. The number of carbonyl (C=O) groups is 3. The van der Waals surface area contributed by atoms with Crippen LogP contribution in [-0.4, -0.2) is 28.9 Å². The van der Waals surface area contributed by atoms with E-state index in [0.717, 1.165) is 5.56 Å². The summed E-state index contributed by atoms with van der Waals surface area (Å²) in [6.07, 6.45) is -0.196. The summed E-state index contributed by atoms with van der Waals surface area (Å²) in [6, 6.07) is 3.63. The number of aryl methyl sites for hydroxylation is 1. The molecule has 0 aliphatic carbocycles. The monoisotopic (exact) mass is 298 g/mol. The van der Waals surface area contributed by atoms with Gasteiger partial charge in [-0.1, -0.05) is 17.7 Å². The predicted octanol–water partition coefficient (Wildman–Crippen LogP) is 1.10. The summed E-state index contributed by atoms with van der Waals surface area (Å²) in [7, 11) is 0. The first-order valence-electron chi connectivity index (χ1n) is 5.89. The van der Waals surface area contributed by atoms with E-state index in [1.54, 1.807) is 12.1 Å². The Morgan fingerprint density at radius 3 is 2.55 bits per heavy atom. The number of hydrogen-bond donors (Lipinski definition) is 3. The maximum absolute atomic E-state index is 12.0. The van der Waals surface area contributed by atoms with Gasteiger partial charge in [0.2, 0.25) is 5.91 Å². The summed E-state index contributed by atoms with van der Waals surface area (Å²) >= 11 is 5.93. The van der Waals surface area contributed by atoms with E-state index in [1.165, 1.54) is 6.07 Å². The molecule has 7 heteroatoms. The Balaban J connectivity index is 2.80. The van der Waals surface area contributed by atoms with Crippen molar-refractivity contribution < 1.29 is 19.5 Å². The zero-order valence-corrected chi connectivity index (χ0v) is 11.6. The number of carbonyl (C=O) groups excluding carboxylic acids is 2. The number of halogens is 1. The fourth-order valence-corrected chi connectivity index (χ4v) is 1.91. The number of carboxylic acid groups (broad SMARTS) is 1. The number of rotatable bonds is 6. The molecule has 4 N–H and O–H groups in total. The quantitative estimate of drug-likeness (QED) is 0.730. The number of primary amides is 1. The van der Waals surface area contributed by atoms with Crippen molar-refractivity contribution in [2.45, 2.75) is 25.8 Å². The third-order valence-corrected chi connectivity index (χ3v) is 2.96. The molecule has 1 atom stereocenters. The van der Waals surface area contributed by atoms with Gasteiger partial charge in [-0.3, -0.25) is 9.59 Å². The fraction of sp³-hybridized carbons (Fsp3) is 0.308. The van der Waals surface area contributed by atoms with Gasteiger partial charge in [-0.05, 0) is 31.0 Å². The number of carboxylic acids is 1. The molecule has 0 saturated heterocycles. The lowest BCUT2D eigenvalue weighted by atomic mass is 10.1. The molecule has 0 radical (unpaired) electrons. The second kappa shape index (κ2) is 6.91. The molecule has 1 aromatic carbocycles. The standard InChI is InChI=1S/C13H15ClN2O4/c1-7-2-3-8(9(14)6-7)12(18)16-10(13(19)20)4-5-11(15)17/h2-3,6,10H,4-5H2,1H3,(H2,15,17)(H,16,18)(H,19,20)/t10-/m1/s1. The third-order valence-electron chi connectivity index (χ3n) is 2.65. The Labute approximate surface area is 120 Å². The lowest BCUT2D eigenvalue weighted by Crippen LogP contribution is -2.41. The van der Waals surface area contributed by atoms with Crippen LogP contribution in [0.15, 0.2) is 18.2 Å². The minimum absolute atomic E-state index is 0.0696. The van der Waals surface area contributed by atoms with Crippen molar-refractivity contribution in [2.75, 3.05) is 0 Å². The molecule has 0 unspecified atom stereocenters. The molecule has 2 amide bonds. The molecule has 1 rings (SSSR count). The molecule has 20 heavy (non-hydrogen) atoms. The van der Waals surface area contributed by atoms with Crippen LogP contribution in [0.2, 0.25) is 5.02 Å². The van der Waals surface area contributed by atoms with Crippen LogP contribution in [0, 0.1) is 6.92 Å². The van der Waals surface area contributed by atoms with Crippen LogP contribution in [-0.2, 0) is 9.59 Å². The second-order valence-corrected chi connectivity index (χ2v) is 4.76. The first-order valence-corrected chi connectivity index (χ1v) is 6.27. The molecule has 108 valence electrons. The molecule has 0 aromatic heterocycles. The van der Waals surface area contributed by atoms with Crippen LogP contribution < -0.4 is 11.1 Å². The van der Waals surface area contributed by atoms with Gasteiger partial charge in [0.05, 0.1) is 10.6 Å². The molecule has 0 saturated carbocycles. The van der Waals surface area contributed by atoms with Crippen LogP contribution in [0.1, 0.15) is 28.8 Å². The zero-order chi connectivity index (χ0) is 15.3. The Kier molecular flexibility index (Phi) is 5.52. The number of nitrogens with one attached hydrogen (secondary N) is 1. The maximum atomic E-state index is 12.0. The van der Waals surface area contributed by atoms with Crippen molar-refractivity contribution >= 4 is 29.4 Å². The summed E-state index contributed by atoms with van der Waals surface area (Å²) in [5.74, 6) is -2.46. The fourth-order valence-electron chi connectivity index (χ4n) is 1.58. The Morgan fingerprint density at radius 1 is 1.40 bits per heavy atom. The lowest BCUT2D eigenvalue weighted by Gasteiger charge is -2.14. The molecular weight excluding hydrogens is 284 g/mol. The van der Waals surface area contributed by atoms with Crippen LogP contribution in [0.3, 0.4) is 0 Å². The van der Waals surface area contributed by atoms with Crippen molar-refractivity contribution in [3.05, 3.63) is 34.3 Å². The molecule has 0 heterocycles. The smallest absolute Gasteiger partial charge is 0.326 e. The van der Waals surface area contributed by atoms with E-state index in [1.807, 2.05) is 6.92 Å². The van der Waals surface area contributed by atoms with Gasteiger partial charge in [0, 0.05) is 6.42 Å². The molecule has 0 fully saturated rings. The van der Waals surface area contributed by atoms with Gasteiger partial charge in [-0.25, -0.2) is 4.79 Å². The largest absolute Gasteiger partial charge is 0.480 e. The van der Waals surface area contributed by atoms with Crippen molar-refractivity contribution in [1.82, 2.24) is 5.32 Å². The number of aliphatic carboxylic acids is 1. The molecule has 0 aliphatic heterocycles. The summed E-state index contributed by atoms with van der Waals surface area (Å²) in [4.78, 5) is 33.6. The summed E-state index contributed by atoms with van der Waals surface area (Å²) in [5, 5.41) is 11.6. The van der Waals surface area contributed by atoms with E-state index < -0.39 is 23.8 Å².